The molecule has 0 amide bonds. The number of carbonyl (C=O) groups is 1. The van der Waals surface area contributed by atoms with E-state index in [1.165, 1.54) is 15.6 Å². The maximum Gasteiger partial charge on any atom is 0.163 e. The summed E-state index contributed by atoms with van der Waals surface area (Å²) >= 11 is 1.75. The summed E-state index contributed by atoms with van der Waals surface area (Å²) in [7, 11) is 0. The maximum atomic E-state index is 11.8. The highest BCUT2D eigenvalue weighted by molar-refractivity contribution is 7.17. The van der Waals surface area contributed by atoms with Crippen LogP contribution >= 0.6 is 11.3 Å². The third-order valence-corrected chi connectivity index (χ3v) is 3.82. The Kier molecular flexibility index (Phi) is 1.71. The van der Waals surface area contributed by atoms with Crippen LogP contribution in [0, 0.1) is 0 Å². The summed E-state index contributed by atoms with van der Waals surface area (Å²) in [5, 5.41) is 3.42. The van der Waals surface area contributed by atoms with E-state index < -0.39 is 0 Å². The highest BCUT2D eigenvalue weighted by Gasteiger charge is 2.17. The number of thiophene rings is 1. The molecule has 1 heterocycles. The van der Waals surface area contributed by atoms with Crippen LogP contribution in [0.4, 0.5) is 0 Å². The van der Waals surface area contributed by atoms with E-state index >= 15 is 0 Å². The molecule has 0 fully saturated rings. The molecule has 1 aromatic carbocycles. The van der Waals surface area contributed by atoms with Crippen LogP contribution in [0.1, 0.15) is 28.8 Å². The fraction of sp³-hybridized carbons (Fsp3) is 0.250. The van der Waals surface area contributed by atoms with Gasteiger partial charge < -0.3 is 0 Å². The molecule has 2 heteroatoms. The van der Waals surface area contributed by atoms with Gasteiger partial charge in [-0.05, 0) is 29.9 Å². The lowest BCUT2D eigenvalue weighted by atomic mass is 10.0. The number of hydrogen-bond acceptors (Lipinski definition) is 2. The smallest absolute Gasteiger partial charge is 0.163 e. The molecular formula is C12H10OS. The first kappa shape index (κ1) is 8.18. The third-order valence-electron chi connectivity index (χ3n) is 2.83. The Labute approximate surface area is 86.4 Å². The molecule has 0 unspecified atom stereocenters. The van der Waals surface area contributed by atoms with E-state index in [0.717, 1.165) is 18.4 Å². The van der Waals surface area contributed by atoms with E-state index in [0.29, 0.717) is 12.2 Å². The van der Waals surface area contributed by atoms with Gasteiger partial charge in [0.05, 0.1) is 0 Å². The third kappa shape index (κ3) is 1.04. The lowest BCUT2D eigenvalue weighted by Crippen LogP contribution is -1.96. The van der Waals surface area contributed by atoms with Crippen molar-refractivity contribution in [1.29, 1.82) is 0 Å². The number of Topliss-reactive ketones (excluding diaryl/α,β-unsaturated/α-hetero) is 1. The van der Waals surface area contributed by atoms with E-state index in [4.69, 9.17) is 0 Å². The molecule has 0 spiro atoms. The predicted octanol–water partition coefficient (Wildman–Crippen LogP) is 3.42. The van der Waals surface area contributed by atoms with Gasteiger partial charge in [-0.1, -0.05) is 12.1 Å². The van der Waals surface area contributed by atoms with Crippen molar-refractivity contribution in [2.24, 2.45) is 0 Å². The highest BCUT2D eigenvalue weighted by atomic mass is 32.1. The van der Waals surface area contributed by atoms with E-state index in [1.807, 2.05) is 12.1 Å². The molecule has 1 aliphatic carbocycles. The minimum absolute atomic E-state index is 0.313. The second kappa shape index (κ2) is 2.92. The Morgan fingerprint density at radius 2 is 2.14 bits per heavy atom. The minimum Gasteiger partial charge on any atom is -0.294 e. The summed E-state index contributed by atoms with van der Waals surface area (Å²) in [6.07, 6.45) is 2.76. The number of hydrogen-bond donors (Lipinski definition) is 0. The molecule has 1 aromatic heterocycles. The number of carbonyl (C=O) groups excluding carboxylic acids is 1. The molecule has 14 heavy (non-hydrogen) atoms. The predicted molar refractivity (Wildman–Crippen MR) is 59.1 cm³/mol. The molecule has 2 aromatic rings. The van der Waals surface area contributed by atoms with Gasteiger partial charge in [-0.25, -0.2) is 0 Å². The van der Waals surface area contributed by atoms with E-state index in [2.05, 4.69) is 11.4 Å². The van der Waals surface area contributed by atoms with Gasteiger partial charge in [0.1, 0.15) is 0 Å². The quantitative estimate of drug-likeness (QED) is 0.639. The molecule has 3 rings (SSSR count). The molecule has 1 aliphatic rings. The Morgan fingerprint density at radius 1 is 1.21 bits per heavy atom. The van der Waals surface area contributed by atoms with Gasteiger partial charge in [-0.2, -0.15) is 0 Å². The fourth-order valence-electron chi connectivity index (χ4n) is 2.14. The van der Waals surface area contributed by atoms with Gasteiger partial charge in [0.15, 0.2) is 5.78 Å². The largest absolute Gasteiger partial charge is 0.294 e. The summed E-state index contributed by atoms with van der Waals surface area (Å²) < 4.78 is 1.26. The molecular weight excluding hydrogens is 192 g/mol. The number of ketones is 1. The van der Waals surface area contributed by atoms with E-state index in [-0.39, 0.29) is 0 Å². The summed E-state index contributed by atoms with van der Waals surface area (Å²) in [4.78, 5) is 11.8. The standard InChI is InChI=1S/C12H10OS/c13-10-5-1-3-8-7-14-11-6-2-4-9(10)12(8)11/h2,4,6-7H,1,3,5H2. The van der Waals surface area contributed by atoms with Gasteiger partial charge in [0.25, 0.3) is 0 Å². The molecule has 0 aliphatic heterocycles. The van der Waals surface area contributed by atoms with E-state index in [1.54, 1.807) is 11.3 Å². The van der Waals surface area contributed by atoms with Gasteiger partial charge >= 0.3 is 0 Å². The van der Waals surface area contributed by atoms with Crippen LogP contribution in [-0.4, -0.2) is 5.78 Å². The van der Waals surface area contributed by atoms with Crippen molar-refractivity contribution in [1.82, 2.24) is 0 Å². The zero-order valence-corrected chi connectivity index (χ0v) is 8.56. The van der Waals surface area contributed by atoms with E-state index in [9.17, 15) is 4.79 Å². The zero-order chi connectivity index (χ0) is 9.54. The number of benzene rings is 1. The van der Waals surface area contributed by atoms with Crippen molar-refractivity contribution in [2.75, 3.05) is 0 Å². The Hall–Kier alpha value is -1.15. The second-order valence-electron chi connectivity index (χ2n) is 3.72. The first-order valence-corrected chi connectivity index (χ1v) is 5.76. The van der Waals surface area contributed by atoms with Crippen molar-refractivity contribution >= 4 is 27.2 Å². The van der Waals surface area contributed by atoms with Crippen LogP contribution in [0.5, 0.6) is 0 Å². The van der Waals surface area contributed by atoms with Crippen LogP contribution in [0.15, 0.2) is 23.6 Å². The maximum absolute atomic E-state index is 11.8. The lowest BCUT2D eigenvalue weighted by Gasteiger charge is -1.98. The first-order chi connectivity index (χ1) is 6.86. The average molecular weight is 202 g/mol. The van der Waals surface area contributed by atoms with Crippen LogP contribution in [0.3, 0.4) is 0 Å². The van der Waals surface area contributed by atoms with Gasteiger partial charge in [-0.3, -0.25) is 4.79 Å². The number of aryl methyl sites for hydroxylation is 1. The van der Waals surface area contributed by atoms with Crippen LogP contribution in [0.2, 0.25) is 0 Å². The Bertz CT molecular complexity index is 510. The normalized spacial score (nSPS) is 15.9. The SMILES string of the molecule is O=C1CCCc2csc3cccc1c23. The van der Waals surface area contributed by atoms with Crippen LogP contribution in [-0.2, 0) is 6.42 Å². The second-order valence-corrected chi connectivity index (χ2v) is 4.63. The summed E-state index contributed by atoms with van der Waals surface area (Å²) in [5.41, 5.74) is 2.31. The van der Waals surface area contributed by atoms with Crippen molar-refractivity contribution in [3.05, 3.63) is 34.7 Å². The Balaban J connectivity index is 2.44. The highest BCUT2D eigenvalue weighted by Crippen LogP contribution is 2.33. The summed E-state index contributed by atoms with van der Waals surface area (Å²) in [5.74, 6) is 0.313. The molecule has 0 N–H and O–H groups in total. The zero-order valence-electron chi connectivity index (χ0n) is 7.75. The summed E-state index contributed by atoms with van der Waals surface area (Å²) in [6, 6.07) is 6.05. The molecule has 0 radical (unpaired) electrons. The Morgan fingerprint density at radius 3 is 3.07 bits per heavy atom. The summed E-state index contributed by atoms with van der Waals surface area (Å²) in [6.45, 7) is 0. The monoisotopic (exact) mass is 202 g/mol. The van der Waals surface area contributed by atoms with Crippen molar-refractivity contribution in [3.8, 4) is 0 Å². The lowest BCUT2D eigenvalue weighted by molar-refractivity contribution is 0.0983. The molecule has 70 valence electrons. The van der Waals surface area contributed by atoms with Crippen molar-refractivity contribution in [2.45, 2.75) is 19.3 Å². The molecule has 0 atom stereocenters. The molecule has 0 bridgehead atoms. The van der Waals surface area contributed by atoms with Crippen molar-refractivity contribution in [3.63, 3.8) is 0 Å². The van der Waals surface area contributed by atoms with Crippen LogP contribution in [0.25, 0.3) is 10.1 Å². The average Bonchev–Trinajstić information content (AvgIpc) is 2.53. The fourth-order valence-corrected chi connectivity index (χ4v) is 3.17. The first-order valence-electron chi connectivity index (χ1n) is 4.88. The minimum atomic E-state index is 0.313. The van der Waals surface area contributed by atoms with Gasteiger partial charge in [0.2, 0.25) is 0 Å². The molecule has 1 nitrogen and oxygen atoms in total. The topological polar surface area (TPSA) is 17.1 Å². The van der Waals surface area contributed by atoms with Gasteiger partial charge in [-0.15, -0.1) is 11.3 Å². The van der Waals surface area contributed by atoms with Crippen molar-refractivity contribution < 1.29 is 4.79 Å². The van der Waals surface area contributed by atoms with Gasteiger partial charge in [0, 0.05) is 22.1 Å². The molecule has 0 saturated carbocycles. The number of rotatable bonds is 0. The molecule has 0 saturated heterocycles. The van der Waals surface area contributed by atoms with Crippen LogP contribution < -0.4 is 0 Å².